The van der Waals surface area contributed by atoms with E-state index in [1.807, 2.05) is 4.90 Å². The van der Waals surface area contributed by atoms with E-state index in [-0.39, 0.29) is 11.9 Å². The fourth-order valence-electron chi connectivity index (χ4n) is 2.39. The Kier molecular flexibility index (Phi) is 2.84. The van der Waals surface area contributed by atoms with Crippen LogP contribution in [-0.4, -0.2) is 32.5 Å². The first-order valence-corrected chi connectivity index (χ1v) is 6.04. The molecule has 2 aromatic heterocycles. The van der Waals surface area contributed by atoms with E-state index in [1.165, 1.54) is 18.9 Å². The summed E-state index contributed by atoms with van der Waals surface area (Å²) >= 11 is 0. The average Bonchev–Trinajstić information content (AvgIpc) is 3.11. The molecule has 0 aliphatic carbocycles. The van der Waals surface area contributed by atoms with Gasteiger partial charge in [-0.25, -0.2) is 4.98 Å². The Morgan fingerprint density at radius 2 is 2.44 bits per heavy atom. The Labute approximate surface area is 104 Å². The molecule has 1 N–H and O–H groups in total. The highest BCUT2D eigenvalue weighted by Gasteiger charge is 2.30. The van der Waals surface area contributed by atoms with Crippen LogP contribution in [0, 0.1) is 0 Å². The van der Waals surface area contributed by atoms with E-state index < -0.39 is 0 Å². The van der Waals surface area contributed by atoms with Crippen LogP contribution in [0.1, 0.15) is 41.5 Å². The highest BCUT2D eigenvalue weighted by Crippen LogP contribution is 2.29. The summed E-state index contributed by atoms with van der Waals surface area (Å²) in [6.45, 7) is 0.745. The van der Waals surface area contributed by atoms with Crippen LogP contribution in [0.3, 0.4) is 0 Å². The van der Waals surface area contributed by atoms with Gasteiger partial charge in [0.25, 0.3) is 5.91 Å². The molecule has 1 amide bonds. The standard InChI is InChI=1S/C12H14N4O2/c17-12(9-4-6-18-7-9)16-5-2-1-3-10(16)11-13-8-14-15-11/h4,6-8,10H,1-3,5H2,(H,13,14,15)/t10-/m1/s1. The third-order valence-corrected chi connectivity index (χ3v) is 3.28. The van der Waals surface area contributed by atoms with Gasteiger partial charge in [-0.15, -0.1) is 0 Å². The number of amides is 1. The van der Waals surface area contributed by atoms with Crippen molar-refractivity contribution in [2.45, 2.75) is 25.3 Å². The topological polar surface area (TPSA) is 75.0 Å². The molecular weight excluding hydrogens is 232 g/mol. The second kappa shape index (κ2) is 4.64. The summed E-state index contributed by atoms with van der Waals surface area (Å²) in [7, 11) is 0. The number of furan rings is 1. The molecule has 0 unspecified atom stereocenters. The van der Waals surface area contributed by atoms with Crippen molar-refractivity contribution >= 4 is 5.91 Å². The van der Waals surface area contributed by atoms with Crippen molar-refractivity contribution in [3.05, 3.63) is 36.3 Å². The first-order chi connectivity index (χ1) is 8.86. The van der Waals surface area contributed by atoms with Crippen LogP contribution in [-0.2, 0) is 0 Å². The quantitative estimate of drug-likeness (QED) is 0.876. The van der Waals surface area contributed by atoms with E-state index in [0.717, 1.165) is 31.6 Å². The SMILES string of the molecule is O=C(c1ccoc1)N1CCCC[C@@H]1c1ncn[nH]1. The molecule has 6 nitrogen and oxygen atoms in total. The predicted octanol–water partition coefficient (Wildman–Crippen LogP) is 1.77. The van der Waals surface area contributed by atoms with Gasteiger partial charge in [0.15, 0.2) is 0 Å². The maximum atomic E-state index is 12.4. The molecule has 0 saturated carbocycles. The number of nitrogens with one attached hydrogen (secondary N) is 1. The maximum absolute atomic E-state index is 12.4. The van der Waals surface area contributed by atoms with Crippen molar-refractivity contribution in [3.8, 4) is 0 Å². The van der Waals surface area contributed by atoms with Gasteiger partial charge in [0.1, 0.15) is 18.4 Å². The Morgan fingerprint density at radius 3 is 3.17 bits per heavy atom. The largest absolute Gasteiger partial charge is 0.472 e. The lowest BCUT2D eigenvalue weighted by atomic mass is 10.0. The van der Waals surface area contributed by atoms with Crippen LogP contribution in [0.2, 0.25) is 0 Å². The third-order valence-electron chi connectivity index (χ3n) is 3.28. The number of carbonyl (C=O) groups excluding carboxylic acids is 1. The zero-order chi connectivity index (χ0) is 12.4. The minimum atomic E-state index is -0.0105. The van der Waals surface area contributed by atoms with Crippen LogP contribution < -0.4 is 0 Å². The van der Waals surface area contributed by atoms with E-state index in [0.29, 0.717) is 5.56 Å². The lowest BCUT2D eigenvalue weighted by Crippen LogP contribution is -2.38. The number of nitrogens with zero attached hydrogens (tertiary/aromatic N) is 3. The van der Waals surface area contributed by atoms with Crippen LogP contribution in [0.25, 0.3) is 0 Å². The van der Waals surface area contributed by atoms with Crippen LogP contribution in [0.4, 0.5) is 0 Å². The van der Waals surface area contributed by atoms with Gasteiger partial charge in [-0.2, -0.15) is 5.10 Å². The van der Waals surface area contributed by atoms with E-state index in [4.69, 9.17) is 4.42 Å². The van der Waals surface area contributed by atoms with Crippen LogP contribution in [0.15, 0.2) is 29.3 Å². The highest BCUT2D eigenvalue weighted by molar-refractivity contribution is 5.94. The van der Waals surface area contributed by atoms with Gasteiger partial charge in [-0.3, -0.25) is 9.89 Å². The number of likely N-dealkylation sites (tertiary alicyclic amines) is 1. The maximum Gasteiger partial charge on any atom is 0.257 e. The summed E-state index contributed by atoms with van der Waals surface area (Å²) in [6, 6.07) is 1.68. The van der Waals surface area contributed by atoms with Gasteiger partial charge in [0.2, 0.25) is 0 Å². The molecule has 1 fully saturated rings. The van der Waals surface area contributed by atoms with Crippen molar-refractivity contribution in [1.29, 1.82) is 0 Å². The van der Waals surface area contributed by atoms with E-state index >= 15 is 0 Å². The van der Waals surface area contributed by atoms with Gasteiger partial charge in [0, 0.05) is 6.54 Å². The minimum Gasteiger partial charge on any atom is -0.472 e. The minimum absolute atomic E-state index is 0.00940. The van der Waals surface area contributed by atoms with Crippen molar-refractivity contribution < 1.29 is 9.21 Å². The molecule has 94 valence electrons. The zero-order valence-electron chi connectivity index (χ0n) is 9.87. The number of rotatable bonds is 2. The van der Waals surface area contributed by atoms with Gasteiger partial charge >= 0.3 is 0 Å². The second-order valence-corrected chi connectivity index (χ2v) is 4.39. The summed E-state index contributed by atoms with van der Waals surface area (Å²) < 4.78 is 4.97. The lowest BCUT2D eigenvalue weighted by molar-refractivity contribution is 0.0599. The Hall–Kier alpha value is -2.11. The van der Waals surface area contributed by atoms with E-state index in [1.54, 1.807) is 6.07 Å². The molecule has 6 heteroatoms. The van der Waals surface area contributed by atoms with Gasteiger partial charge in [-0.05, 0) is 25.3 Å². The fourth-order valence-corrected chi connectivity index (χ4v) is 2.39. The molecule has 3 heterocycles. The first-order valence-electron chi connectivity index (χ1n) is 6.04. The van der Waals surface area contributed by atoms with Gasteiger partial charge in [-0.1, -0.05) is 0 Å². The number of H-pyrrole nitrogens is 1. The molecule has 0 aromatic carbocycles. The second-order valence-electron chi connectivity index (χ2n) is 4.39. The monoisotopic (exact) mass is 246 g/mol. The fraction of sp³-hybridized carbons (Fsp3) is 0.417. The van der Waals surface area contributed by atoms with Gasteiger partial charge < -0.3 is 9.32 Å². The molecule has 1 aliphatic heterocycles. The number of aromatic nitrogens is 3. The van der Waals surface area contributed by atoms with Crippen LogP contribution >= 0.6 is 0 Å². The normalized spacial score (nSPS) is 20.0. The predicted molar refractivity (Wildman–Crippen MR) is 62.7 cm³/mol. The molecule has 1 aliphatic rings. The Morgan fingerprint density at radius 1 is 1.50 bits per heavy atom. The molecular formula is C12H14N4O2. The first kappa shape index (κ1) is 11.0. The summed E-state index contributed by atoms with van der Waals surface area (Å²) in [6.07, 6.45) is 7.51. The highest BCUT2D eigenvalue weighted by atomic mass is 16.3. The van der Waals surface area contributed by atoms with E-state index in [2.05, 4.69) is 15.2 Å². The Balaban J connectivity index is 1.86. The number of hydrogen-bond donors (Lipinski definition) is 1. The van der Waals surface area contributed by atoms with Crippen molar-refractivity contribution in [2.24, 2.45) is 0 Å². The number of hydrogen-bond acceptors (Lipinski definition) is 4. The van der Waals surface area contributed by atoms with Crippen molar-refractivity contribution in [3.63, 3.8) is 0 Å². The summed E-state index contributed by atoms with van der Waals surface area (Å²) in [5.74, 6) is 0.747. The molecule has 3 rings (SSSR count). The summed E-state index contributed by atoms with van der Waals surface area (Å²) in [5.41, 5.74) is 0.585. The molecule has 1 atom stereocenters. The smallest absolute Gasteiger partial charge is 0.257 e. The van der Waals surface area contributed by atoms with Crippen molar-refractivity contribution in [2.75, 3.05) is 6.54 Å². The number of piperidine rings is 1. The molecule has 0 bridgehead atoms. The lowest BCUT2D eigenvalue weighted by Gasteiger charge is -2.34. The molecule has 0 radical (unpaired) electrons. The van der Waals surface area contributed by atoms with E-state index in [9.17, 15) is 4.79 Å². The molecule has 18 heavy (non-hydrogen) atoms. The third kappa shape index (κ3) is 1.90. The Bertz CT molecular complexity index is 506. The number of aromatic amines is 1. The van der Waals surface area contributed by atoms with Gasteiger partial charge in [0.05, 0.1) is 17.9 Å². The number of carbonyl (C=O) groups is 1. The van der Waals surface area contributed by atoms with Crippen molar-refractivity contribution in [1.82, 2.24) is 20.1 Å². The average molecular weight is 246 g/mol. The molecule has 0 spiro atoms. The summed E-state index contributed by atoms with van der Waals surface area (Å²) in [5, 5.41) is 6.72. The zero-order valence-corrected chi connectivity index (χ0v) is 9.87. The summed E-state index contributed by atoms with van der Waals surface area (Å²) in [4.78, 5) is 18.4. The van der Waals surface area contributed by atoms with Crippen LogP contribution in [0.5, 0.6) is 0 Å². The molecule has 2 aromatic rings. The molecule has 1 saturated heterocycles.